The van der Waals surface area contributed by atoms with Gasteiger partial charge in [0.05, 0.1) is 6.54 Å². The van der Waals surface area contributed by atoms with Crippen molar-refractivity contribution in [2.45, 2.75) is 19.4 Å². The Kier molecular flexibility index (Phi) is 3.66. The molecule has 0 saturated carbocycles. The molecule has 0 radical (unpaired) electrons. The van der Waals surface area contributed by atoms with Gasteiger partial charge in [-0.1, -0.05) is 30.3 Å². The Labute approximate surface area is 95.1 Å². The fraction of sp³-hybridized carbons (Fsp3) is 0.333. The van der Waals surface area contributed by atoms with Crippen molar-refractivity contribution in [2.24, 2.45) is 5.73 Å². The molecule has 2 N–H and O–H groups in total. The fourth-order valence-electron chi connectivity index (χ4n) is 1.63. The van der Waals surface area contributed by atoms with Crippen LogP contribution in [0.1, 0.15) is 17.8 Å². The first-order valence-electron chi connectivity index (χ1n) is 5.51. The summed E-state index contributed by atoms with van der Waals surface area (Å²) in [4.78, 5) is 4.25. The molecule has 1 aromatic heterocycles. The highest BCUT2D eigenvalue weighted by atomic mass is 15.3. The van der Waals surface area contributed by atoms with Crippen molar-refractivity contribution in [3.63, 3.8) is 0 Å². The molecular weight excluding hydrogens is 200 g/mol. The Morgan fingerprint density at radius 3 is 2.75 bits per heavy atom. The summed E-state index contributed by atoms with van der Waals surface area (Å²) in [6.45, 7) is 1.47. The summed E-state index contributed by atoms with van der Waals surface area (Å²) >= 11 is 0. The standard InChI is InChI=1S/C12H16N4/c13-8-4-7-12-14-10-15-16(12)9-11-5-2-1-3-6-11/h1-3,5-6,10H,4,7-9,13H2. The molecule has 2 rings (SSSR count). The van der Waals surface area contributed by atoms with Gasteiger partial charge in [-0.25, -0.2) is 9.67 Å². The monoisotopic (exact) mass is 216 g/mol. The second-order valence-corrected chi connectivity index (χ2v) is 3.71. The zero-order chi connectivity index (χ0) is 11.2. The van der Waals surface area contributed by atoms with E-state index in [4.69, 9.17) is 5.73 Å². The minimum absolute atomic E-state index is 0.693. The molecule has 4 heteroatoms. The highest BCUT2D eigenvalue weighted by molar-refractivity contribution is 5.15. The maximum absolute atomic E-state index is 5.49. The summed E-state index contributed by atoms with van der Waals surface area (Å²) in [5.41, 5.74) is 6.73. The molecule has 0 aliphatic heterocycles. The molecular formula is C12H16N4. The first kappa shape index (κ1) is 10.8. The van der Waals surface area contributed by atoms with Crippen molar-refractivity contribution in [2.75, 3.05) is 6.54 Å². The van der Waals surface area contributed by atoms with Crippen molar-refractivity contribution >= 4 is 0 Å². The third-order valence-electron chi connectivity index (χ3n) is 2.48. The Morgan fingerprint density at radius 1 is 1.19 bits per heavy atom. The summed E-state index contributed by atoms with van der Waals surface area (Å²) in [7, 11) is 0. The fourth-order valence-corrected chi connectivity index (χ4v) is 1.63. The molecule has 16 heavy (non-hydrogen) atoms. The van der Waals surface area contributed by atoms with Crippen molar-refractivity contribution < 1.29 is 0 Å². The van der Waals surface area contributed by atoms with E-state index >= 15 is 0 Å². The van der Waals surface area contributed by atoms with Crippen LogP contribution in [0.4, 0.5) is 0 Å². The van der Waals surface area contributed by atoms with Crippen molar-refractivity contribution in [3.8, 4) is 0 Å². The van der Waals surface area contributed by atoms with Gasteiger partial charge in [0, 0.05) is 6.42 Å². The van der Waals surface area contributed by atoms with Gasteiger partial charge in [-0.2, -0.15) is 5.10 Å². The molecule has 84 valence electrons. The van der Waals surface area contributed by atoms with Gasteiger partial charge in [0.1, 0.15) is 12.2 Å². The predicted octanol–water partition coefficient (Wildman–Crippen LogP) is 1.22. The van der Waals surface area contributed by atoms with E-state index in [9.17, 15) is 0 Å². The first-order chi connectivity index (χ1) is 7.90. The lowest BCUT2D eigenvalue weighted by Crippen LogP contribution is -2.09. The average molecular weight is 216 g/mol. The lowest BCUT2D eigenvalue weighted by molar-refractivity contribution is 0.623. The molecule has 0 fully saturated rings. The molecule has 1 heterocycles. The van der Waals surface area contributed by atoms with Crippen LogP contribution in [0, 0.1) is 0 Å². The number of aryl methyl sites for hydroxylation is 1. The Hall–Kier alpha value is -1.68. The number of hydrogen-bond donors (Lipinski definition) is 1. The van der Waals surface area contributed by atoms with Gasteiger partial charge in [-0.15, -0.1) is 0 Å². The van der Waals surface area contributed by atoms with Crippen LogP contribution in [0.3, 0.4) is 0 Å². The smallest absolute Gasteiger partial charge is 0.138 e. The minimum Gasteiger partial charge on any atom is -0.330 e. The van der Waals surface area contributed by atoms with Gasteiger partial charge in [0.25, 0.3) is 0 Å². The normalized spacial score (nSPS) is 10.6. The summed E-state index contributed by atoms with van der Waals surface area (Å²) in [6.07, 6.45) is 3.45. The highest BCUT2D eigenvalue weighted by Gasteiger charge is 2.03. The lowest BCUT2D eigenvalue weighted by Gasteiger charge is -2.05. The van der Waals surface area contributed by atoms with Gasteiger partial charge >= 0.3 is 0 Å². The summed E-state index contributed by atoms with van der Waals surface area (Å²) in [5.74, 6) is 1.01. The summed E-state index contributed by atoms with van der Waals surface area (Å²) < 4.78 is 1.94. The number of nitrogens with zero attached hydrogens (tertiary/aromatic N) is 3. The molecule has 4 nitrogen and oxygen atoms in total. The predicted molar refractivity (Wildman–Crippen MR) is 62.9 cm³/mol. The number of benzene rings is 1. The van der Waals surface area contributed by atoms with E-state index in [1.165, 1.54) is 5.56 Å². The van der Waals surface area contributed by atoms with E-state index in [-0.39, 0.29) is 0 Å². The maximum Gasteiger partial charge on any atom is 0.138 e. The van der Waals surface area contributed by atoms with Gasteiger partial charge in [0.2, 0.25) is 0 Å². The summed E-state index contributed by atoms with van der Waals surface area (Å²) in [5, 5.41) is 4.23. The van der Waals surface area contributed by atoms with Crippen molar-refractivity contribution in [1.29, 1.82) is 0 Å². The van der Waals surface area contributed by atoms with Gasteiger partial charge in [-0.3, -0.25) is 0 Å². The van der Waals surface area contributed by atoms with E-state index in [0.29, 0.717) is 6.54 Å². The lowest BCUT2D eigenvalue weighted by atomic mass is 10.2. The zero-order valence-corrected chi connectivity index (χ0v) is 9.21. The third-order valence-corrected chi connectivity index (χ3v) is 2.48. The van der Waals surface area contributed by atoms with Crippen LogP contribution < -0.4 is 5.73 Å². The number of aromatic nitrogens is 3. The molecule has 2 aromatic rings. The van der Waals surface area contributed by atoms with Crippen LogP contribution in [0.5, 0.6) is 0 Å². The van der Waals surface area contributed by atoms with Crippen LogP contribution >= 0.6 is 0 Å². The van der Waals surface area contributed by atoms with Gasteiger partial charge < -0.3 is 5.73 Å². The number of nitrogens with two attached hydrogens (primary N) is 1. The maximum atomic E-state index is 5.49. The highest BCUT2D eigenvalue weighted by Crippen LogP contribution is 2.04. The molecule has 0 unspecified atom stereocenters. The third kappa shape index (κ3) is 2.67. The molecule has 0 saturated heterocycles. The van der Waals surface area contributed by atoms with Gasteiger partial charge in [-0.05, 0) is 18.5 Å². The van der Waals surface area contributed by atoms with Crippen LogP contribution in [0.25, 0.3) is 0 Å². The van der Waals surface area contributed by atoms with Crippen LogP contribution in [-0.2, 0) is 13.0 Å². The molecule has 0 spiro atoms. The number of hydrogen-bond acceptors (Lipinski definition) is 3. The van der Waals surface area contributed by atoms with Gasteiger partial charge in [0.15, 0.2) is 0 Å². The van der Waals surface area contributed by atoms with E-state index < -0.39 is 0 Å². The number of rotatable bonds is 5. The Balaban J connectivity index is 2.07. The van der Waals surface area contributed by atoms with Crippen LogP contribution in [0.2, 0.25) is 0 Å². The van der Waals surface area contributed by atoms with Crippen molar-refractivity contribution in [3.05, 3.63) is 48.0 Å². The van der Waals surface area contributed by atoms with E-state index in [2.05, 4.69) is 22.2 Å². The Bertz CT molecular complexity index is 422. The van der Waals surface area contributed by atoms with Crippen LogP contribution in [-0.4, -0.2) is 21.3 Å². The largest absolute Gasteiger partial charge is 0.330 e. The molecule has 0 aliphatic rings. The summed E-state index contributed by atoms with van der Waals surface area (Å²) in [6, 6.07) is 10.3. The molecule has 0 bridgehead atoms. The quantitative estimate of drug-likeness (QED) is 0.817. The molecule has 0 amide bonds. The van der Waals surface area contributed by atoms with E-state index in [0.717, 1.165) is 25.2 Å². The second-order valence-electron chi connectivity index (χ2n) is 3.71. The first-order valence-corrected chi connectivity index (χ1v) is 5.51. The Morgan fingerprint density at radius 2 is 2.00 bits per heavy atom. The van der Waals surface area contributed by atoms with Crippen molar-refractivity contribution in [1.82, 2.24) is 14.8 Å². The molecule has 0 aliphatic carbocycles. The van der Waals surface area contributed by atoms with Crippen LogP contribution in [0.15, 0.2) is 36.7 Å². The average Bonchev–Trinajstić information content (AvgIpc) is 2.75. The topological polar surface area (TPSA) is 56.7 Å². The molecule has 1 aromatic carbocycles. The minimum atomic E-state index is 0.693. The SMILES string of the molecule is NCCCc1ncnn1Cc1ccccc1. The molecule has 0 atom stereocenters. The van der Waals surface area contributed by atoms with E-state index in [1.807, 2.05) is 22.9 Å². The van der Waals surface area contributed by atoms with E-state index in [1.54, 1.807) is 6.33 Å². The second kappa shape index (κ2) is 5.42. The zero-order valence-electron chi connectivity index (χ0n) is 9.21.